The SMILES string of the molecule is CNCCC(=O)N(C)Cc1cc([N+](=O)[O-])ccc1Cl. The molecule has 0 saturated carbocycles. The maximum atomic E-state index is 11.7. The number of halogens is 1. The van der Waals surface area contributed by atoms with Gasteiger partial charge in [-0.2, -0.15) is 0 Å². The zero-order chi connectivity index (χ0) is 14.4. The molecule has 0 saturated heterocycles. The number of carbonyl (C=O) groups is 1. The average Bonchev–Trinajstić information content (AvgIpc) is 2.38. The van der Waals surface area contributed by atoms with Gasteiger partial charge in [0, 0.05) is 43.7 Å². The van der Waals surface area contributed by atoms with Crippen molar-refractivity contribution in [2.45, 2.75) is 13.0 Å². The fourth-order valence-electron chi connectivity index (χ4n) is 1.56. The molecule has 0 fully saturated rings. The number of carbonyl (C=O) groups excluding carboxylic acids is 1. The molecule has 0 atom stereocenters. The highest BCUT2D eigenvalue weighted by atomic mass is 35.5. The Hall–Kier alpha value is -1.66. The highest BCUT2D eigenvalue weighted by Gasteiger charge is 2.14. The fourth-order valence-corrected chi connectivity index (χ4v) is 1.74. The molecule has 1 N–H and O–H groups in total. The van der Waals surface area contributed by atoms with Crippen LogP contribution in [0, 0.1) is 10.1 Å². The Balaban J connectivity index is 2.78. The van der Waals surface area contributed by atoms with Crippen LogP contribution < -0.4 is 5.32 Å². The third-order valence-corrected chi connectivity index (χ3v) is 3.03. The van der Waals surface area contributed by atoms with Crippen molar-refractivity contribution in [3.05, 3.63) is 38.9 Å². The summed E-state index contributed by atoms with van der Waals surface area (Å²) in [7, 11) is 3.41. The summed E-state index contributed by atoms with van der Waals surface area (Å²) >= 11 is 5.98. The van der Waals surface area contributed by atoms with Crippen LogP contribution in [0.1, 0.15) is 12.0 Å². The number of rotatable bonds is 6. The van der Waals surface area contributed by atoms with E-state index >= 15 is 0 Å². The number of nitrogens with one attached hydrogen (secondary N) is 1. The van der Waals surface area contributed by atoms with E-state index in [0.717, 1.165) is 0 Å². The molecular formula is C12H16ClN3O3. The van der Waals surface area contributed by atoms with Crippen molar-refractivity contribution in [2.75, 3.05) is 20.6 Å². The largest absolute Gasteiger partial charge is 0.341 e. The molecule has 1 aromatic carbocycles. The van der Waals surface area contributed by atoms with Crippen LogP contribution in [0.4, 0.5) is 5.69 Å². The molecule has 1 rings (SSSR count). The first-order valence-corrected chi connectivity index (χ1v) is 6.15. The van der Waals surface area contributed by atoms with Crippen molar-refractivity contribution in [3.63, 3.8) is 0 Å². The lowest BCUT2D eigenvalue weighted by atomic mass is 10.2. The molecule has 0 aliphatic heterocycles. The molecule has 0 aromatic heterocycles. The molecule has 0 heterocycles. The van der Waals surface area contributed by atoms with Gasteiger partial charge in [0.1, 0.15) is 0 Å². The Morgan fingerprint density at radius 2 is 2.21 bits per heavy atom. The van der Waals surface area contributed by atoms with Crippen molar-refractivity contribution in [1.29, 1.82) is 0 Å². The van der Waals surface area contributed by atoms with E-state index in [-0.39, 0.29) is 18.1 Å². The summed E-state index contributed by atoms with van der Waals surface area (Å²) in [5.41, 5.74) is 0.534. The monoisotopic (exact) mass is 285 g/mol. The minimum absolute atomic E-state index is 0.0320. The minimum atomic E-state index is -0.483. The van der Waals surface area contributed by atoms with Crippen molar-refractivity contribution < 1.29 is 9.72 Å². The van der Waals surface area contributed by atoms with Gasteiger partial charge in [0.05, 0.1) is 4.92 Å². The summed E-state index contributed by atoms with van der Waals surface area (Å²) in [4.78, 5) is 23.5. The Morgan fingerprint density at radius 3 is 2.79 bits per heavy atom. The highest BCUT2D eigenvalue weighted by Crippen LogP contribution is 2.23. The van der Waals surface area contributed by atoms with Crippen molar-refractivity contribution >= 4 is 23.2 Å². The molecular weight excluding hydrogens is 270 g/mol. The molecule has 104 valence electrons. The summed E-state index contributed by atoms with van der Waals surface area (Å²) in [6.07, 6.45) is 0.375. The summed E-state index contributed by atoms with van der Waals surface area (Å²) < 4.78 is 0. The third kappa shape index (κ3) is 4.50. The fraction of sp³-hybridized carbons (Fsp3) is 0.417. The number of nitro groups is 1. The molecule has 7 heteroatoms. The van der Waals surface area contributed by atoms with E-state index < -0.39 is 4.92 Å². The Morgan fingerprint density at radius 1 is 1.53 bits per heavy atom. The first-order chi connectivity index (χ1) is 8.95. The number of benzene rings is 1. The van der Waals surface area contributed by atoms with Gasteiger partial charge in [-0.25, -0.2) is 0 Å². The van der Waals surface area contributed by atoms with E-state index in [1.165, 1.54) is 23.1 Å². The third-order valence-electron chi connectivity index (χ3n) is 2.66. The van der Waals surface area contributed by atoms with Gasteiger partial charge in [0.2, 0.25) is 5.91 Å². The molecule has 6 nitrogen and oxygen atoms in total. The number of non-ortho nitro benzene ring substituents is 1. The molecule has 0 spiro atoms. The van der Waals surface area contributed by atoms with Gasteiger partial charge >= 0.3 is 0 Å². The predicted octanol–water partition coefficient (Wildman–Crippen LogP) is 1.82. The first kappa shape index (κ1) is 15.4. The quantitative estimate of drug-likeness (QED) is 0.639. The maximum absolute atomic E-state index is 11.7. The smallest absolute Gasteiger partial charge is 0.269 e. The highest BCUT2D eigenvalue weighted by molar-refractivity contribution is 6.31. The van der Waals surface area contributed by atoms with Gasteiger partial charge in [-0.3, -0.25) is 14.9 Å². The molecule has 0 aliphatic carbocycles. The van der Waals surface area contributed by atoms with Gasteiger partial charge in [-0.1, -0.05) is 11.6 Å². The van der Waals surface area contributed by atoms with Gasteiger partial charge in [-0.05, 0) is 18.7 Å². The van der Waals surface area contributed by atoms with Crippen LogP contribution in [0.3, 0.4) is 0 Å². The second kappa shape index (κ2) is 7.06. The Labute approximate surface area is 116 Å². The van der Waals surface area contributed by atoms with Gasteiger partial charge < -0.3 is 10.2 Å². The van der Waals surface area contributed by atoms with Crippen LogP contribution in [0.25, 0.3) is 0 Å². The van der Waals surface area contributed by atoms with E-state index in [9.17, 15) is 14.9 Å². The molecule has 0 aliphatic rings. The van der Waals surface area contributed by atoms with Crippen LogP contribution in [0.5, 0.6) is 0 Å². The summed E-state index contributed by atoms with van der Waals surface area (Å²) in [5.74, 6) is -0.0445. The average molecular weight is 286 g/mol. The van der Waals surface area contributed by atoms with Crippen molar-refractivity contribution in [1.82, 2.24) is 10.2 Å². The second-order valence-corrected chi connectivity index (χ2v) is 4.54. The maximum Gasteiger partial charge on any atom is 0.269 e. The molecule has 0 unspecified atom stereocenters. The van der Waals surface area contributed by atoms with Crippen LogP contribution in [0.15, 0.2) is 18.2 Å². The second-order valence-electron chi connectivity index (χ2n) is 4.14. The first-order valence-electron chi connectivity index (χ1n) is 5.77. The van der Waals surface area contributed by atoms with Gasteiger partial charge in [0.25, 0.3) is 5.69 Å². The Kier molecular flexibility index (Phi) is 5.72. The number of nitrogens with zero attached hydrogens (tertiary/aromatic N) is 2. The number of hydrogen-bond donors (Lipinski definition) is 1. The summed E-state index contributed by atoms with van der Waals surface area (Å²) in [6.45, 7) is 0.842. The van der Waals surface area contributed by atoms with Gasteiger partial charge in [0.15, 0.2) is 0 Å². The molecule has 1 aromatic rings. The zero-order valence-electron chi connectivity index (χ0n) is 10.9. The molecule has 0 bridgehead atoms. The topological polar surface area (TPSA) is 75.5 Å². The van der Waals surface area contributed by atoms with E-state index in [1.54, 1.807) is 14.1 Å². The molecule has 0 radical (unpaired) electrons. The van der Waals surface area contributed by atoms with Crippen LogP contribution in [-0.2, 0) is 11.3 Å². The van der Waals surface area contributed by atoms with Crippen LogP contribution in [0.2, 0.25) is 5.02 Å². The lowest BCUT2D eigenvalue weighted by Crippen LogP contribution is -2.28. The number of hydrogen-bond acceptors (Lipinski definition) is 4. The van der Waals surface area contributed by atoms with E-state index in [0.29, 0.717) is 23.6 Å². The zero-order valence-corrected chi connectivity index (χ0v) is 11.6. The van der Waals surface area contributed by atoms with Gasteiger partial charge in [-0.15, -0.1) is 0 Å². The van der Waals surface area contributed by atoms with Crippen LogP contribution in [-0.4, -0.2) is 36.4 Å². The van der Waals surface area contributed by atoms with Crippen LogP contribution >= 0.6 is 11.6 Å². The van der Waals surface area contributed by atoms with E-state index in [2.05, 4.69) is 5.32 Å². The number of nitro benzene ring substituents is 1. The molecule has 19 heavy (non-hydrogen) atoms. The van der Waals surface area contributed by atoms with E-state index in [4.69, 9.17) is 11.6 Å². The summed E-state index contributed by atoms with van der Waals surface area (Å²) in [5, 5.41) is 14.0. The van der Waals surface area contributed by atoms with E-state index in [1.807, 2.05) is 0 Å². The van der Waals surface area contributed by atoms with Crippen molar-refractivity contribution in [3.8, 4) is 0 Å². The molecule has 1 amide bonds. The van der Waals surface area contributed by atoms with Crippen molar-refractivity contribution in [2.24, 2.45) is 0 Å². The number of amides is 1. The normalized spacial score (nSPS) is 10.3. The standard InChI is InChI=1S/C12H16ClN3O3/c1-14-6-5-12(17)15(2)8-9-7-10(16(18)19)3-4-11(9)13/h3-4,7,14H,5-6,8H2,1-2H3. The Bertz CT molecular complexity index is 479. The lowest BCUT2D eigenvalue weighted by molar-refractivity contribution is -0.384. The minimum Gasteiger partial charge on any atom is -0.341 e. The predicted molar refractivity (Wildman–Crippen MR) is 73.1 cm³/mol. The lowest BCUT2D eigenvalue weighted by Gasteiger charge is -2.17. The summed E-state index contributed by atoms with van der Waals surface area (Å²) in [6, 6.07) is 4.21.